The van der Waals surface area contributed by atoms with Gasteiger partial charge in [-0.25, -0.2) is 4.98 Å². The van der Waals surface area contributed by atoms with Crippen molar-refractivity contribution < 1.29 is 9.18 Å². The molecule has 0 saturated carbocycles. The summed E-state index contributed by atoms with van der Waals surface area (Å²) in [6, 6.07) is 13.5. The van der Waals surface area contributed by atoms with E-state index in [9.17, 15) is 9.18 Å². The number of pyridine rings is 1. The van der Waals surface area contributed by atoms with Crippen molar-refractivity contribution >= 4 is 29.1 Å². The Labute approximate surface area is 206 Å². The lowest BCUT2D eigenvalue weighted by atomic mass is 9.96. The molecule has 0 fully saturated rings. The molecule has 0 bridgehead atoms. The lowest BCUT2D eigenvalue weighted by Crippen LogP contribution is -2.24. The van der Waals surface area contributed by atoms with Gasteiger partial charge >= 0.3 is 0 Å². The van der Waals surface area contributed by atoms with Crippen molar-refractivity contribution in [2.24, 2.45) is 7.05 Å². The highest BCUT2D eigenvalue weighted by atomic mass is 35.5. The fourth-order valence-corrected chi connectivity index (χ4v) is 4.01. The molecule has 0 aliphatic heterocycles. The molecule has 174 valence electrons. The zero-order valence-electron chi connectivity index (χ0n) is 18.6. The van der Waals surface area contributed by atoms with Crippen molar-refractivity contribution in [2.75, 3.05) is 0 Å². The number of imidazole rings is 1. The van der Waals surface area contributed by atoms with Crippen LogP contribution in [-0.4, -0.2) is 20.0 Å². The van der Waals surface area contributed by atoms with E-state index >= 15 is 0 Å². The smallest absolute Gasteiger partial charge is 0.251 e. The second kappa shape index (κ2) is 9.83. The number of nitrogens with zero attached hydrogens (tertiary/aromatic N) is 3. The zero-order valence-corrected chi connectivity index (χ0v) is 20.1. The van der Waals surface area contributed by atoms with Crippen LogP contribution in [0.4, 0.5) is 4.39 Å². The van der Waals surface area contributed by atoms with E-state index in [0.29, 0.717) is 33.5 Å². The summed E-state index contributed by atoms with van der Waals surface area (Å²) in [4.78, 5) is 16.9. The van der Waals surface area contributed by atoms with Crippen LogP contribution in [0.5, 0.6) is 0 Å². The van der Waals surface area contributed by atoms with Crippen molar-refractivity contribution in [3.8, 4) is 11.1 Å². The molecule has 4 rings (SSSR count). The topological polar surface area (TPSA) is 75.7 Å². The van der Waals surface area contributed by atoms with Gasteiger partial charge in [-0.2, -0.15) is 4.39 Å². The number of hydrogen-bond donors (Lipinski definition) is 2. The lowest BCUT2D eigenvalue weighted by molar-refractivity contribution is 0.0951. The maximum atomic E-state index is 13.7. The number of amides is 1. The van der Waals surface area contributed by atoms with Crippen molar-refractivity contribution in [1.82, 2.24) is 19.4 Å². The molecule has 2 aromatic carbocycles. The predicted molar refractivity (Wildman–Crippen MR) is 130 cm³/mol. The number of carbonyl (C=O) groups is 1. The third-order valence-corrected chi connectivity index (χ3v) is 6.31. The van der Waals surface area contributed by atoms with Crippen molar-refractivity contribution in [3.05, 3.63) is 105 Å². The van der Waals surface area contributed by atoms with Crippen LogP contribution < -0.4 is 10.9 Å². The third kappa shape index (κ3) is 5.05. The molecule has 0 unspecified atom stereocenters. The van der Waals surface area contributed by atoms with E-state index in [1.54, 1.807) is 65.7 Å². The maximum Gasteiger partial charge on any atom is 0.251 e. The number of hydrogen-bond acceptors (Lipinski definition) is 3. The van der Waals surface area contributed by atoms with E-state index in [1.807, 2.05) is 12.3 Å². The molecule has 1 amide bonds. The molecule has 34 heavy (non-hydrogen) atoms. The van der Waals surface area contributed by atoms with Crippen molar-refractivity contribution in [3.63, 3.8) is 0 Å². The molecule has 0 atom stereocenters. The fraction of sp³-hybridized carbons (Fsp3) is 0.160. The Kier molecular flexibility index (Phi) is 6.86. The van der Waals surface area contributed by atoms with Gasteiger partial charge in [0.1, 0.15) is 0 Å². The zero-order chi connectivity index (χ0) is 24.4. The van der Waals surface area contributed by atoms with Crippen LogP contribution in [-0.2, 0) is 20.1 Å². The fourth-order valence-electron chi connectivity index (χ4n) is 3.69. The van der Waals surface area contributed by atoms with E-state index in [1.165, 1.54) is 6.07 Å². The molecule has 2 aromatic heterocycles. The van der Waals surface area contributed by atoms with Crippen molar-refractivity contribution in [1.29, 1.82) is 5.41 Å². The standard InChI is InChI=1S/C25H22Cl2FN5O/c1-15-19(6-8-23(28)31-15)20-12-17(4-5-18(20)14-33-10-9-32(2)25(33)29)24(34)30-13-16-3-7-21(26)22(27)11-16/h3-12,29H,13-14H2,1-2H3,(H,30,34). The Morgan fingerprint density at radius 3 is 2.53 bits per heavy atom. The van der Waals surface area contributed by atoms with Crippen LogP contribution in [0.2, 0.25) is 10.0 Å². The number of rotatable bonds is 6. The largest absolute Gasteiger partial charge is 0.348 e. The minimum atomic E-state index is -0.566. The minimum absolute atomic E-state index is 0.264. The second-order valence-electron chi connectivity index (χ2n) is 7.93. The van der Waals surface area contributed by atoms with E-state index < -0.39 is 5.95 Å². The molecule has 2 heterocycles. The van der Waals surface area contributed by atoms with Crippen LogP contribution >= 0.6 is 23.2 Å². The highest BCUT2D eigenvalue weighted by Crippen LogP contribution is 2.28. The second-order valence-corrected chi connectivity index (χ2v) is 8.74. The molecule has 9 heteroatoms. The molecule has 0 aliphatic rings. The normalized spacial score (nSPS) is 11.0. The molecule has 0 radical (unpaired) electrons. The van der Waals surface area contributed by atoms with Crippen LogP contribution in [0.1, 0.15) is 27.2 Å². The highest BCUT2D eigenvalue weighted by molar-refractivity contribution is 6.42. The van der Waals surface area contributed by atoms with E-state index in [-0.39, 0.29) is 12.5 Å². The Morgan fingerprint density at radius 1 is 1.06 bits per heavy atom. The summed E-state index contributed by atoms with van der Waals surface area (Å²) in [7, 11) is 1.80. The summed E-state index contributed by atoms with van der Waals surface area (Å²) < 4.78 is 17.2. The Bertz CT molecular complexity index is 1440. The Morgan fingerprint density at radius 2 is 1.85 bits per heavy atom. The number of carbonyl (C=O) groups excluding carboxylic acids is 1. The first-order valence-electron chi connectivity index (χ1n) is 10.5. The molecular weight excluding hydrogens is 476 g/mol. The minimum Gasteiger partial charge on any atom is -0.348 e. The Hall–Kier alpha value is -3.42. The Balaban J connectivity index is 1.67. The van der Waals surface area contributed by atoms with Gasteiger partial charge in [0.05, 0.1) is 16.6 Å². The van der Waals surface area contributed by atoms with Gasteiger partial charge < -0.3 is 14.5 Å². The summed E-state index contributed by atoms with van der Waals surface area (Å²) in [5.41, 5.74) is 4.47. The summed E-state index contributed by atoms with van der Waals surface area (Å²) >= 11 is 12.0. The number of benzene rings is 2. The third-order valence-electron chi connectivity index (χ3n) is 5.57. The first kappa shape index (κ1) is 23.7. The van der Waals surface area contributed by atoms with E-state index in [2.05, 4.69) is 10.3 Å². The first-order valence-corrected chi connectivity index (χ1v) is 11.2. The van der Waals surface area contributed by atoms with E-state index in [4.69, 9.17) is 28.6 Å². The predicted octanol–water partition coefficient (Wildman–Crippen LogP) is 5.10. The summed E-state index contributed by atoms with van der Waals surface area (Å²) in [6.07, 6.45) is 3.62. The van der Waals surface area contributed by atoms with Gasteiger partial charge in [0.15, 0.2) is 0 Å². The number of aryl methyl sites for hydroxylation is 2. The van der Waals surface area contributed by atoms with Crippen LogP contribution in [0.25, 0.3) is 11.1 Å². The van der Waals surface area contributed by atoms with Gasteiger partial charge in [0.25, 0.3) is 5.91 Å². The lowest BCUT2D eigenvalue weighted by Gasteiger charge is -2.15. The molecule has 6 nitrogen and oxygen atoms in total. The molecule has 2 N–H and O–H groups in total. The van der Waals surface area contributed by atoms with E-state index in [0.717, 1.165) is 22.3 Å². The maximum absolute atomic E-state index is 13.7. The van der Waals surface area contributed by atoms with Gasteiger partial charge in [-0.05, 0) is 60.0 Å². The monoisotopic (exact) mass is 497 g/mol. The summed E-state index contributed by atoms with van der Waals surface area (Å²) in [5, 5.41) is 12.0. The van der Waals surface area contributed by atoms with Gasteiger partial charge in [-0.15, -0.1) is 0 Å². The quantitative estimate of drug-likeness (QED) is 0.363. The average Bonchev–Trinajstić information content (AvgIpc) is 3.12. The number of aromatic nitrogens is 3. The molecule has 0 saturated heterocycles. The van der Waals surface area contributed by atoms with Gasteiger partial charge in [0, 0.05) is 42.8 Å². The number of halogens is 3. The van der Waals surface area contributed by atoms with Crippen LogP contribution in [0.15, 0.2) is 60.9 Å². The molecule has 0 aliphatic carbocycles. The van der Waals surface area contributed by atoms with Crippen molar-refractivity contribution in [2.45, 2.75) is 20.0 Å². The summed E-state index contributed by atoms with van der Waals surface area (Å²) in [5.74, 6) is -0.829. The highest BCUT2D eigenvalue weighted by Gasteiger charge is 2.15. The summed E-state index contributed by atoms with van der Waals surface area (Å²) in [6.45, 7) is 2.42. The number of nitrogens with one attached hydrogen (secondary N) is 2. The van der Waals surface area contributed by atoms with Gasteiger partial charge in [0.2, 0.25) is 11.6 Å². The average molecular weight is 498 g/mol. The van der Waals surface area contributed by atoms with Gasteiger partial charge in [-0.1, -0.05) is 35.3 Å². The molecule has 0 spiro atoms. The first-order chi connectivity index (χ1) is 16.2. The SMILES string of the molecule is Cc1nc(F)ccc1-c1cc(C(=O)NCc2ccc(Cl)c(Cl)c2)ccc1Cn1ccn(C)c1=N. The van der Waals surface area contributed by atoms with Gasteiger partial charge in [-0.3, -0.25) is 10.2 Å². The van der Waals surface area contributed by atoms with Crippen LogP contribution in [0, 0.1) is 18.3 Å². The molecular formula is C25H22Cl2FN5O. The van der Waals surface area contributed by atoms with Crippen LogP contribution in [0.3, 0.4) is 0 Å². The molecule has 4 aromatic rings.